The normalized spacial score (nSPS) is 12.3. The van der Waals surface area contributed by atoms with Crippen LogP contribution >= 0.6 is 0 Å². The summed E-state index contributed by atoms with van der Waals surface area (Å²) in [6.07, 6.45) is 0. The maximum Gasteiger partial charge on any atom is 0.143 e. The van der Waals surface area contributed by atoms with Crippen LogP contribution in [-0.2, 0) is 0 Å². The summed E-state index contributed by atoms with van der Waals surface area (Å²) in [4.78, 5) is 0. The van der Waals surface area contributed by atoms with Crippen LogP contribution in [0.4, 0.5) is 0 Å². The number of furan rings is 2. The topological polar surface area (TPSA) is 26.3 Å². The Kier molecular flexibility index (Phi) is 4.21. The Morgan fingerprint density at radius 1 is 0.333 bits per heavy atom. The van der Waals surface area contributed by atoms with E-state index < -0.39 is 0 Å². The van der Waals surface area contributed by atoms with Gasteiger partial charge in [0.15, 0.2) is 0 Å². The van der Waals surface area contributed by atoms with E-state index in [1.807, 2.05) is 12.1 Å². The zero-order valence-corrected chi connectivity index (χ0v) is 22.5. The molecule has 0 atom stereocenters. The van der Waals surface area contributed by atoms with Crippen LogP contribution in [0.15, 0.2) is 142 Å². The molecule has 1 aliphatic rings. The minimum atomic E-state index is 0.885. The number of hydrogen-bond acceptors (Lipinski definition) is 2. The third-order valence-electron chi connectivity index (χ3n) is 9.01. The van der Waals surface area contributed by atoms with Crippen molar-refractivity contribution in [2.75, 3.05) is 0 Å². The lowest BCUT2D eigenvalue weighted by Gasteiger charge is -2.10. The second-order valence-corrected chi connectivity index (χ2v) is 11.2. The van der Waals surface area contributed by atoms with Gasteiger partial charge in [-0.05, 0) is 86.1 Å². The molecule has 7 aromatic carbocycles. The second-order valence-electron chi connectivity index (χ2n) is 11.2. The monoisotopic (exact) mass is 534 g/mol. The minimum absolute atomic E-state index is 0.885. The molecular formula is C40H22O2. The highest BCUT2D eigenvalue weighted by atomic mass is 16.3. The molecule has 194 valence electrons. The Hall–Kier alpha value is -5.60. The lowest BCUT2D eigenvalue weighted by Crippen LogP contribution is -1.84. The highest BCUT2D eigenvalue weighted by molar-refractivity contribution is 6.19. The quantitative estimate of drug-likeness (QED) is 0.220. The summed E-state index contributed by atoms with van der Waals surface area (Å²) in [5.41, 5.74) is 13.4. The minimum Gasteiger partial charge on any atom is -0.456 e. The van der Waals surface area contributed by atoms with Gasteiger partial charge in [-0.1, -0.05) is 97.1 Å². The van der Waals surface area contributed by atoms with Crippen LogP contribution in [-0.4, -0.2) is 0 Å². The van der Waals surface area contributed by atoms with Crippen LogP contribution in [0.25, 0.3) is 99.2 Å². The van der Waals surface area contributed by atoms with Gasteiger partial charge in [0.2, 0.25) is 0 Å². The van der Waals surface area contributed by atoms with E-state index >= 15 is 0 Å². The molecule has 9 aromatic rings. The molecule has 0 spiro atoms. The molecule has 0 saturated carbocycles. The summed E-state index contributed by atoms with van der Waals surface area (Å²) in [6, 6.07) is 47.6. The van der Waals surface area contributed by atoms with Gasteiger partial charge in [0.05, 0.1) is 0 Å². The van der Waals surface area contributed by atoms with Crippen LogP contribution in [0.1, 0.15) is 0 Å². The summed E-state index contributed by atoms with van der Waals surface area (Å²) in [5, 5.41) is 7.12. The van der Waals surface area contributed by atoms with Crippen molar-refractivity contribution in [1.29, 1.82) is 0 Å². The number of para-hydroxylation sites is 2. The first-order chi connectivity index (χ1) is 20.8. The van der Waals surface area contributed by atoms with E-state index in [0.717, 1.165) is 55.0 Å². The number of rotatable bonds is 2. The fraction of sp³-hybridized carbons (Fsp3) is 0. The molecule has 0 saturated heterocycles. The third-order valence-corrected chi connectivity index (χ3v) is 9.01. The third kappa shape index (κ3) is 2.88. The van der Waals surface area contributed by atoms with Gasteiger partial charge in [-0.2, -0.15) is 0 Å². The molecule has 42 heavy (non-hydrogen) atoms. The zero-order chi connectivity index (χ0) is 27.4. The van der Waals surface area contributed by atoms with Crippen molar-refractivity contribution < 1.29 is 8.83 Å². The van der Waals surface area contributed by atoms with Gasteiger partial charge >= 0.3 is 0 Å². The van der Waals surface area contributed by atoms with Crippen LogP contribution in [0, 0.1) is 0 Å². The molecule has 0 unspecified atom stereocenters. The van der Waals surface area contributed by atoms with Gasteiger partial charge in [-0.15, -0.1) is 0 Å². The summed E-state index contributed by atoms with van der Waals surface area (Å²) < 4.78 is 12.8. The van der Waals surface area contributed by atoms with E-state index in [1.54, 1.807) is 0 Å². The van der Waals surface area contributed by atoms with Crippen molar-refractivity contribution in [3.8, 4) is 44.5 Å². The van der Waals surface area contributed by atoms with Crippen LogP contribution in [0.5, 0.6) is 0 Å². The van der Waals surface area contributed by atoms with Crippen molar-refractivity contribution in [2.24, 2.45) is 0 Å². The highest BCUT2D eigenvalue weighted by Crippen LogP contribution is 2.49. The lowest BCUT2D eigenvalue weighted by atomic mass is 9.93. The van der Waals surface area contributed by atoms with E-state index in [1.165, 1.54) is 44.2 Å². The van der Waals surface area contributed by atoms with Crippen molar-refractivity contribution in [3.05, 3.63) is 133 Å². The summed E-state index contributed by atoms with van der Waals surface area (Å²) in [7, 11) is 0. The molecule has 0 N–H and O–H groups in total. The van der Waals surface area contributed by atoms with Gasteiger partial charge in [0.1, 0.15) is 22.3 Å². The predicted octanol–water partition coefficient (Wildman–Crippen LogP) is 11.6. The van der Waals surface area contributed by atoms with Crippen LogP contribution in [0.3, 0.4) is 0 Å². The first kappa shape index (κ1) is 22.1. The van der Waals surface area contributed by atoms with Gasteiger partial charge in [-0.25, -0.2) is 0 Å². The number of hydrogen-bond donors (Lipinski definition) is 0. The Morgan fingerprint density at radius 3 is 1.98 bits per heavy atom. The van der Waals surface area contributed by atoms with Crippen molar-refractivity contribution in [3.63, 3.8) is 0 Å². The van der Waals surface area contributed by atoms with Gasteiger partial charge < -0.3 is 8.83 Å². The molecule has 2 heteroatoms. The maximum atomic E-state index is 6.43. The van der Waals surface area contributed by atoms with Gasteiger partial charge in [0.25, 0.3) is 0 Å². The zero-order valence-electron chi connectivity index (χ0n) is 22.5. The molecular weight excluding hydrogens is 512 g/mol. The Morgan fingerprint density at radius 2 is 1.02 bits per heavy atom. The van der Waals surface area contributed by atoms with Crippen molar-refractivity contribution >= 4 is 54.6 Å². The smallest absolute Gasteiger partial charge is 0.143 e. The summed E-state index contributed by atoms with van der Waals surface area (Å²) in [6.45, 7) is 0. The average molecular weight is 535 g/mol. The maximum absolute atomic E-state index is 6.43. The number of fused-ring (bicyclic) bond motifs is 9. The van der Waals surface area contributed by atoms with E-state index in [0.29, 0.717) is 0 Å². The second kappa shape index (κ2) is 7.99. The molecule has 0 fully saturated rings. The molecule has 0 bridgehead atoms. The SMILES string of the molecule is c1ccc2c(c1)-c1cccc3cc(-c4cccc5oc6ccc(-c7cccc8c7oc7ccccc78)cc6c45)cc-2c13. The first-order valence-electron chi connectivity index (χ1n) is 14.3. The van der Waals surface area contributed by atoms with Gasteiger partial charge in [0, 0.05) is 27.1 Å². The molecule has 0 aliphatic heterocycles. The number of benzene rings is 7. The van der Waals surface area contributed by atoms with E-state index in [9.17, 15) is 0 Å². The summed E-state index contributed by atoms with van der Waals surface area (Å²) >= 11 is 0. The fourth-order valence-corrected chi connectivity index (χ4v) is 7.18. The Bertz CT molecular complexity index is 2580. The van der Waals surface area contributed by atoms with Crippen LogP contribution < -0.4 is 0 Å². The summed E-state index contributed by atoms with van der Waals surface area (Å²) in [5.74, 6) is 0. The highest BCUT2D eigenvalue weighted by Gasteiger charge is 2.23. The molecule has 10 rings (SSSR count). The van der Waals surface area contributed by atoms with Crippen molar-refractivity contribution in [1.82, 2.24) is 0 Å². The Balaban J connectivity index is 1.23. The first-order valence-corrected chi connectivity index (χ1v) is 14.3. The largest absolute Gasteiger partial charge is 0.456 e. The molecule has 0 amide bonds. The Labute approximate surface area is 241 Å². The molecule has 0 radical (unpaired) electrons. The van der Waals surface area contributed by atoms with Crippen LogP contribution in [0.2, 0.25) is 0 Å². The standard InChI is InChI=1S/C40H22O2/c1-2-10-29-28(9-1)31-14-5-8-24-20-25(22-33(29)38(24)31)26-12-7-17-37-39(26)34-21-23(18-19-36(34)41-37)27-13-6-15-32-30-11-3-4-16-35(30)42-40(27)32/h1-22H. The fourth-order valence-electron chi connectivity index (χ4n) is 7.18. The van der Waals surface area contributed by atoms with Crippen molar-refractivity contribution in [2.45, 2.75) is 0 Å². The predicted molar refractivity (Wildman–Crippen MR) is 174 cm³/mol. The molecule has 2 heterocycles. The van der Waals surface area contributed by atoms with Gasteiger partial charge in [-0.3, -0.25) is 0 Å². The van der Waals surface area contributed by atoms with E-state index in [4.69, 9.17) is 8.83 Å². The average Bonchev–Trinajstić information content (AvgIpc) is 3.71. The lowest BCUT2D eigenvalue weighted by molar-refractivity contribution is 0.668. The van der Waals surface area contributed by atoms with E-state index in [2.05, 4.69) is 121 Å². The molecule has 2 nitrogen and oxygen atoms in total. The molecule has 2 aromatic heterocycles. The molecule has 1 aliphatic carbocycles. The van der Waals surface area contributed by atoms with E-state index in [-0.39, 0.29) is 0 Å².